The monoisotopic (exact) mass is 394 g/mol. The largest absolute Gasteiger partial charge is 0.489 e. The Labute approximate surface area is 169 Å². The van der Waals surface area contributed by atoms with Crippen molar-refractivity contribution in [2.75, 3.05) is 11.9 Å². The van der Waals surface area contributed by atoms with Crippen LogP contribution >= 0.6 is 0 Å². The van der Waals surface area contributed by atoms with E-state index >= 15 is 0 Å². The molecule has 152 valence electrons. The van der Waals surface area contributed by atoms with E-state index in [9.17, 15) is 9.59 Å². The number of nitrogens with one attached hydrogen (secondary N) is 1. The lowest BCUT2D eigenvalue weighted by molar-refractivity contribution is -0.116. The summed E-state index contributed by atoms with van der Waals surface area (Å²) in [5.41, 5.74) is 1.29. The van der Waals surface area contributed by atoms with Crippen LogP contribution in [-0.2, 0) is 18.4 Å². The smallest absolute Gasteiger partial charge is 0.329 e. The van der Waals surface area contributed by atoms with Crippen LogP contribution in [0.3, 0.4) is 0 Å². The molecule has 1 N–H and O–H groups in total. The third-order valence-electron chi connectivity index (χ3n) is 5.58. The van der Waals surface area contributed by atoms with Crippen LogP contribution in [0.25, 0.3) is 11.0 Å². The van der Waals surface area contributed by atoms with Crippen LogP contribution in [0, 0.1) is 5.92 Å². The van der Waals surface area contributed by atoms with Gasteiger partial charge in [0.1, 0.15) is 6.54 Å². The van der Waals surface area contributed by atoms with Gasteiger partial charge in [-0.2, -0.15) is 0 Å². The van der Waals surface area contributed by atoms with Crippen LogP contribution < -0.4 is 15.7 Å². The van der Waals surface area contributed by atoms with Crippen molar-refractivity contribution in [3.8, 4) is 5.75 Å². The highest BCUT2D eigenvalue weighted by Gasteiger charge is 2.17. The third kappa shape index (κ3) is 4.18. The van der Waals surface area contributed by atoms with E-state index < -0.39 is 0 Å². The van der Waals surface area contributed by atoms with Crippen molar-refractivity contribution in [2.24, 2.45) is 13.0 Å². The Morgan fingerprint density at radius 2 is 1.90 bits per heavy atom. The minimum Gasteiger partial charge on any atom is -0.489 e. The number of aryl methyl sites for hydroxylation is 1. The third-order valence-corrected chi connectivity index (χ3v) is 5.58. The number of anilines is 1. The van der Waals surface area contributed by atoms with Gasteiger partial charge in [-0.05, 0) is 43.0 Å². The Hall–Kier alpha value is -3.09. The Balaban J connectivity index is 1.47. The molecule has 29 heavy (non-hydrogen) atoms. The maximum Gasteiger partial charge on any atom is 0.329 e. The molecule has 0 bridgehead atoms. The summed E-state index contributed by atoms with van der Waals surface area (Å²) in [6.07, 6.45) is 7.80. The summed E-state index contributed by atoms with van der Waals surface area (Å²) in [4.78, 5) is 29.5. The maximum absolute atomic E-state index is 12.7. The molecule has 7 nitrogen and oxygen atoms in total. The molecule has 0 unspecified atom stereocenters. The molecule has 2 heterocycles. The van der Waals surface area contributed by atoms with Crippen molar-refractivity contribution in [2.45, 2.75) is 38.6 Å². The Kier molecular flexibility index (Phi) is 5.64. The van der Waals surface area contributed by atoms with Gasteiger partial charge in [-0.15, -0.1) is 0 Å². The van der Waals surface area contributed by atoms with E-state index in [1.54, 1.807) is 23.9 Å². The van der Waals surface area contributed by atoms with E-state index in [4.69, 9.17) is 4.74 Å². The van der Waals surface area contributed by atoms with E-state index in [2.05, 4.69) is 10.3 Å². The highest BCUT2D eigenvalue weighted by Crippen LogP contribution is 2.27. The molecule has 0 radical (unpaired) electrons. The molecular weight excluding hydrogens is 368 g/mol. The Morgan fingerprint density at radius 1 is 1.14 bits per heavy atom. The molecule has 0 spiro atoms. The van der Waals surface area contributed by atoms with Gasteiger partial charge in [-0.1, -0.05) is 31.4 Å². The number of aromatic nitrogens is 3. The molecule has 1 saturated carbocycles. The molecule has 1 aliphatic rings. The number of para-hydroxylation sites is 2. The van der Waals surface area contributed by atoms with E-state index in [-0.39, 0.29) is 18.1 Å². The number of hydrogen-bond donors (Lipinski definition) is 1. The van der Waals surface area contributed by atoms with Crippen LogP contribution in [-0.4, -0.2) is 26.6 Å². The van der Waals surface area contributed by atoms with Gasteiger partial charge >= 0.3 is 5.69 Å². The molecule has 1 aromatic carbocycles. The first-order valence-corrected chi connectivity index (χ1v) is 10.2. The van der Waals surface area contributed by atoms with Crippen molar-refractivity contribution in [3.05, 3.63) is 53.1 Å². The summed E-state index contributed by atoms with van der Waals surface area (Å²) in [7, 11) is 1.70. The predicted molar refractivity (Wildman–Crippen MR) is 112 cm³/mol. The topological polar surface area (TPSA) is 78.2 Å². The molecule has 1 amide bonds. The number of imidazole rings is 1. The number of amides is 1. The molecular formula is C22H26N4O3. The number of nitrogens with zero attached hydrogens (tertiary/aromatic N) is 3. The maximum atomic E-state index is 12.7. The molecule has 7 heteroatoms. The molecule has 0 atom stereocenters. The number of benzene rings is 1. The fourth-order valence-electron chi connectivity index (χ4n) is 3.99. The number of hydrogen-bond acceptors (Lipinski definition) is 4. The number of ether oxygens (including phenoxy) is 1. The summed E-state index contributed by atoms with van der Waals surface area (Å²) in [6, 6.07) is 11.0. The van der Waals surface area contributed by atoms with Crippen molar-refractivity contribution < 1.29 is 9.53 Å². The van der Waals surface area contributed by atoms with Crippen LogP contribution in [0.5, 0.6) is 5.75 Å². The van der Waals surface area contributed by atoms with Gasteiger partial charge in [-0.25, -0.2) is 9.78 Å². The number of carbonyl (C=O) groups is 1. The summed E-state index contributed by atoms with van der Waals surface area (Å²) >= 11 is 0. The lowest BCUT2D eigenvalue weighted by Crippen LogP contribution is -2.28. The quantitative estimate of drug-likeness (QED) is 0.696. The van der Waals surface area contributed by atoms with E-state index in [1.165, 1.54) is 36.7 Å². The Bertz CT molecular complexity index is 1060. The molecule has 2 aromatic heterocycles. The summed E-state index contributed by atoms with van der Waals surface area (Å²) in [5.74, 6) is 1.20. The number of rotatable bonds is 6. The SMILES string of the molecule is Cn1c(=O)n(CC(=O)Nc2ncccc2OCC2CCCCC2)c2ccccc21. The average molecular weight is 394 g/mol. The average Bonchev–Trinajstić information content (AvgIpc) is 2.99. The van der Waals surface area contributed by atoms with Crippen molar-refractivity contribution in [1.82, 2.24) is 14.1 Å². The first kappa shape index (κ1) is 19.2. The normalized spacial score (nSPS) is 14.8. The highest BCUT2D eigenvalue weighted by atomic mass is 16.5. The van der Waals surface area contributed by atoms with Gasteiger partial charge in [0, 0.05) is 13.2 Å². The lowest BCUT2D eigenvalue weighted by Gasteiger charge is -2.22. The first-order valence-electron chi connectivity index (χ1n) is 10.2. The number of fused-ring (bicyclic) bond motifs is 1. The zero-order chi connectivity index (χ0) is 20.2. The molecule has 3 aromatic rings. The fraction of sp³-hybridized carbons (Fsp3) is 0.409. The van der Waals surface area contributed by atoms with E-state index in [0.29, 0.717) is 24.1 Å². The van der Waals surface area contributed by atoms with Gasteiger partial charge in [0.05, 0.1) is 17.6 Å². The standard InChI is InChI=1S/C22H26N4O3/c1-25-17-10-5-6-11-18(17)26(22(25)28)14-20(27)24-21-19(12-7-13-23-21)29-15-16-8-3-2-4-9-16/h5-7,10-13,16H,2-4,8-9,14-15H2,1H3,(H,23,24,27). The zero-order valence-corrected chi connectivity index (χ0v) is 16.6. The second-order valence-corrected chi connectivity index (χ2v) is 7.63. The van der Waals surface area contributed by atoms with Crippen molar-refractivity contribution in [3.63, 3.8) is 0 Å². The van der Waals surface area contributed by atoms with Crippen LogP contribution in [0.1, 0.15) is 32.1 Å². The van der Waals surface area contributed by atoms with Gasteiger partial charge < -0.3 is 10.1 Å². The van der Waals surface area contributed by atoms with E-state index in [1.807, 2.05) is 30.3 Å². The predicted octanol–water partition coefficient (Wildman–Crippen LogP) is 3.33. The molecule has 0 aliphatic heterocycles. The molecule has 4 rings (SSSR count). The summed E-state index contributed by atoms with van der Waals surface area (Å²) < 4.78 is 8.99. The van der Waals surface area contributed by atoms with E-state index in [0.717, 1.165) is 11.0 Å². The molecule has 0 saturated heterocycles. The molecule has 1 aliphatic carbocycles. The second kappa shape index (κ2) is 8.51. The number of pyridine rings is 1. The minimum atomic E-state index is -0.315. The summed E-state index contributed by atoms with van der Waals surface area (Å²) in [6.45, 7) is 0.552. The van der Waals surface area contributed by atoms with Gasteiger partial charge in [0.25, 0.3) is 0 Å². The van der Waals surface area contributed by atoms with Crippen LogP contribution in [0.15, 0.2) is 47.4 Å². The van der Waals surface area contributed by atoms with Crippen LogP contribution in [0.4, 0.5) is 5.82 Å². The van der Waals surface area contributed by atoms with Gasteiger partial charge in [0.15, 0.2) is 11.6 Å². The highest BCUT2D eigenvalue weighted by molar-refractivity contribution is 5.92. The Morgan fingerprint density at radius 3 is 2.69 bits per heavy atom. The van der Waals surface area contributed by atoms with Crippen LogP contribution in [0.2, 0.25) is 0 Å². The number of carbonyl (C=O) groups excluding carboxylic acids is 1. The minimum absolute atomic E-state index is 0.0845. The first-order chi connectivity index (χ1) is 14.1. The summed E-state index contributed by atoms with van der Waals surface area (Å²) in [5, 5.41) is 2.80. The zero-order valence-electron chi connectivity index (χ0n) is 16.6. The van der Waals surface area contributed by atoms with Crippen molar-refractivity contribution >= 4 is 22.8 Å². The molecule has 1 fully saturated rings. The van der Waals surface area contributed by atoms with Gasteiger partial charge in [-0.3, -0.25) is 13.9 Å². The van der Waals surface area contributed by atoms with Gasteiger partial charge in [0.2, 0.25) is 5.91 Å². The second-order valence-electron chi connectivity index (χ2n) is 7.63. The lowest BCUT2D eigenvalue weighted by atomic mass is 9.90. The van der Waals surface area contributed by atoms with Crippen molar-refractivity contribution in [1.29, 1.82) is 0 Å². The fourth-order valence-corrected chi connectivity index (χ4v) is 3.99.